The second-order valence-electron chi connectivity index (χ2n) is 7.95. The van der Waals surface area contributed by atoms with Crippen LogP contribution in [-0.4, -0.2) is 47.4 Å². The summed E-state index contributed by atoms with van der Waals surface area (Å²) >= 11 is 1.35. The lowest BCUT2D eigenvalue weighted by molar-refractivity contribution is -0.128. The van der Waals surface area contributed by atoms with E-state index in [-0.39, 0.29) is 18.2 Å². The van der Waals surface area contributed by atoms with Gasteiger partial charge in [0.15, 0.2) is 5.17 Å². The summed E-state index contributed by atoms with van der Waals surface area (Å²) in [5, 5.41) is 5.12. The summed E-state index contributed by atoms with van der Waals surface area (Å²) in [6, 6.07) is 21.6. The molecule has 3 aromatic rings. The summed E-state index contributed by atoms with van der Waals surface area (Å²) in [7, 11) is 1.64. The highest BCUT2D eigenvalue weighted by molar-refractivity contribution is 8.15. The van der Waals surface area contributed by atoms with E-state index in [9.17, 15) is 9.59 Å². The molecule has 0 aromatic heterocycles. The number of thioether (sulfide) groups is 1. The molecule has 1 atom stereocenters. The molecule has 0 bridgehead atoms. The van der Waals surface area contributed by atoms with E-state index in [1.165, 1.54) is 11.8 Å². The molecule has 0 radical (unpaired) electrons. The molecule has 4 rings (SSSR count). The van der Waals surface area contributed by atoms with Gasteiger partial charge in [-0.15, -0.1) is 0 Å². The normalized spacial score (nSPS) is 17.2. The van der Waals surface area contributed by atoms with Gasteiger partial charge in [0, 0.05) is 37.8 Å². The highest BCUT2D eigenvalue weighted by Gasteiger charge is 2.39. The van der Waals surface area contributed by atoms with E-state index in [4.69, 9.17) is 9.73 Å². The fourth-order valence-corrected chi connectivity index (χ4v) is 4.90. The van der Waals surface area contributed by atoms with Crippen molar-refractivity contribution in [3.8, 4) is 0 Å². The van der Waals surface area contributed by atoms with Gasteiger partial charge in [-0.05, 0) is 36.9 Å². The summed E-state index contributed by atoms with van der Waals surface area (Å²) in [6.07, 6.45) is 0.784. The number of rotatable bonds is 8. The number of hydrogen-bond donors (Lipinski definition) is 1. The summed E-state index contributed by atoms with van der Waals surface area (Å²) in [5.41, 5.74) is 2.66. The van der Waals surface area contributed by atoms with E-state index in [2.05, 4.69) is 5.32 Å². The Morgan fingerprint density at radius 1 is 1.09 bits per heavy atom. The molecule has 0 spiro atoms. The molecular weight excluding hydrogens is 434 g/mol. The van der Waals surface area contributed by atoms with Crippen LogP contribution in [0.5, 0.6) is 0 Å². The van der Waals surface area contributed by atoms with Gasteiger partial charge in [-0.3, -0.25) is 14.5 Å². The first-order valence-corrected chi connectivity index (χ1v) is 11.8. The first-order chi connectivity index (χ1) is 16.0. The van der Waals surface area contributed by atoms with Crippen LogP contribution in [0.1, 0.15) is 18.4 Å². The van der Waals surface area contributed by atoms with Crippen molar-refractivity contribution >= 4 is 50.9 Å². The van der Waals surface area contributed by atoms with Crippen molar-refractivity contribution in [3.05, 3.63) is 72.3 Å². The summed E-state index contributed by atoms with van der Waals surface area (Å²) in [4.78, 5) is 32.4. The number of amidine groups is 1. The van der Waals surface area contributed by atoms with Crippen LogP contribution in [-0.2, 0) is 14.3 Å². The summed E-state index contributed by atoms with van der Waals surface area (Å²) in [6.45, 7) is 3.04. The van der Waals surface area contributed by atoms with Crippen molar-refractivity contribution in [2.75, 3.05) is 25.6 Å². The zero-order valence-electron chi connectivity index (χ0n) is 18.8. The number of nitrogens with zero attached hydrogens (tertiary/aromatic N) is 2. The zero-order chi connectivity index (χ0) is 23.2. The Kier molecular flexibility index (Phi) is 7.42. The van der Waals surface area contributed by atoms with Gasteiger partial charge in [-0.25, -0.2) is 4.99 Å². The predicted octanol–water partition coefficient (Wildman–Crippen LogP) is 5.15. The van der Waals surface area contributed by atoms with Crippen LogP contribution < -0.4 is 5.32 Å². The van der Waals surface area contributed by atoms with E-state index >= 15 is 0 Å². The predicted molar refractivity (Wildman–Crippen MR) is 135 cm³/mol. The summed E-state index contributed by atoms with van der Waals surface area (Å²) in [5.74, 6) is -0.276. The van der Waals surface area contributed by atoms with Gasteiger partial charge in [-0.2, -0.15) is 0 Å². The zero-order valence-corrected chi connectivity index (χ0v) is 19.6. The average Bonchev–Trinajstić information content (AvgIpc) is 3.10. The number of ether oxygens (including phenoxy) is 1. The van der Waals surface area contributed by atoms with Gasteiger partial charge >= 0.3 is 0 Å². The second kappa shape index (κ2) is 10.6. The number of hydrogen-bond acceptors (Lipinski definition) is 5. The number of nitrogens with one attached hydrogen (secondary N) is 1. The van der Waals surface area contributed by atoms with Crippen LogP contribution in [0.2, 0.25) is 0 Å². The second-order valence-corrected chi connectivity index (χ2v) is 9.12. The molecular formula is C26H27N3O3S. The Labute approximate surface area is 198 Å². The third kappa shape index (κ3) is 5.61. The van der Waals surface area contributed by atoms with Crippen LogP contribution >= 0.6 is 11.8 Å². The lowest BCUT2D eigenvalue weighted by Gasteiger charge is -2.16. The van der Waals surface area contributed by atoms with Gasteiger partial charge in [0.25, 0.3) is 0 Å². The third-order valence-corrected chi connectivity index (χ3v) is 6.61. The van der Waals surface area contributed by atoms with Gasteiger partial charge in [-0.1, -0.05) is 65.9 Å². The number of carbonyl (C=O) groups is 2. The molecule has 3 aromatic carbocycles. The topological polar surface area (TPSA) is 71.0 Å². The number of benzene rings is 3. The van der Waals surface area contributed by atoms with Crippen molar-refractivity contribution in [1.82, 2.24) is 4.90 Å². The van der Waals surface area contributed by atoms with E-state index in [0.29, 0.717) is 24.7 Å². The lowest BCUT2D eigenvalue weighted by atomic mass is 10.1. The SMILES string of the molecule is COCCCN1C(=O)C(CC(=O)Nc2ccc(C)cc2)SC1=Nc1cccc2ccccc12. The van der Waals surface area contributed by atoms with Crippen molar-refractivity contribution in [2.24, 2.45) is 4.99 Å². The van der Waals surface area contributed by atoms with Crippen molar-refractivity contribution < 1.29 is 14.3 Å². The molecule has 1 fully saturated rings. The Balaban J connectivity index is 1.55. The van der Waals surface area contributed by atoms with Crippen LogP contribution in [0.4, 0.5) is 11.4 Å². The monoisotopic (exact) mass is 461 g/mol. The molecule has 33 heavy (non-hydrogen) atoms. The molecule has 0 saturated carbocycles. The highest BCUT2D eigenvalue weighted by Crippen LogP contribution is 2.34. The molecule has 1 aliphatic rings. The Morgan fingerprint density at radius 2 is 1.85 bits per heavy atom. The number of aliphatic imine (C=N–C) groups is 1. The van der Waals surface area contributed by atoms with Crippen LogP contribution in [0.25, 0.3) is 10.8 Å². The largest absolute Gasteiger partial charge is 0.385 e. The third-order valence-electron chi connectivity index (χ3n) is 5.44. The Bertz CT molecular complexity index is 1170. The number of carbonyl (C=O) groups excluding carboxylic acids is 2. The number of fused-ring (bicyclic) bond motifs is 1. The van der Waals surface area contributed by atoms with Crippen molar-refractivity contribution in [1.29, 1.82) is 0 Å². The highest BCUT2D eigenvalue weighted by atomic mass is 32.2. The molecule has 1 heterocycles. The van der Waals surface area contributed by atoms with E-state index in [1.807, 2.05) is 73.7 Å². The minimum atomic E-state index is -0.508. The minimum Gasteiger partial charge on any atom is -0.385 e. The van der Waals surface area contributed by atoms with Gasteiger partial charge < -0.3 is 10.1 Å². The van der Waals surface area contributed by atoms with Crippen LogP contribution in [0.3, 0.4) is 0 Å². The summed E-state index contributed by atoms with van der Waals surface area (Å²) < 4.78 is 5.17. The molecule has 1 aliphatic heterocycles. The van der Waals surface area contributed by atoms with Gasteiger partial charge in [0.1, 0.15) is 5.25 Å². The Morgan fingerprint density at radius 3 is 2.64 bits per heavy atom. The number of methoxy groups -OCH3 is 1. The van der Waals surface area contributed by atoms with E-state index in [1.54, 1.807) is 12.0 Å². The average molecular weight is 462 g/mol. The first kappa shape index (κ1) is 23.0. The lowest BCUT2D eigenvalue weighted by Crippen LogP contribution is -2.34. The minimum absolute atomic E-state index is 0.0888. The maximum Gasteiger partial charge on any atom is 0.242 e. The first-order valence-electron chi connectivity index (χ1n) is 10.9. The maximum absolute atomic E-state index is 13.2. The smallest absolute Gasteiger partial charge is 0.242 e. The molecule has 0 aliphatic carbocycles. The number of anilines is 1. The molecule has 1 unspecified atom stereocenters. The number of aryl methyl sites for hydroxylation is 1. The standard InChI is InChI=1S/C26H27N3O3S/c1-18-11-13-20(14-12-18)27-24(30)17-23-25(31)29(15-6-16-32-2)26(33-23)28-22-10-5-8-19-7-3-4-9-21(19)22/h3-5,7-14,23H,6,15-17H2,1-2H3,(H,27,30). The van der Waals surface area contributed by atoms with Gasteiger partial charge in [0.05, 0.1) is 5.69 Å². The molecule has 170 valence electrons. The molecule has 2 amide bonds. The van der Waals surface area contributed by atoms with Crippen molar-refractivity contribution in [3.63, 3.8) is 0 Å². The Hall–Kier alpha value is -3.16. The quantitative estimate of drug-likeness (QED) is 0.471. The van der Waals surface area contributed by atoms with Crippen LogP contribution in [0, 0.1) is 6.92 Å². The molecule has 6 nitrogen and oxygen atoms in total. The molecule has 1 N–H and O–H groups in total. The van der Waals surface area contributed by atoms with Crippen LogP contribution in [0.15, 0.2) is 71.7 Å². The molecule has 1 saturated heterocycles. The molecule has 7 heteroatoms. The fourth-order valence-electron chi connectivity index (χ4n) is 3.72. The van der Waals surface area contributed by atoms with E-state index < -0.39 is 5.25 Å². The van der Waals surface area contributed by atoms with Crippen molar-refractivity contribution in [2.45, 2.75) is 25.0 Å². The van der Waals surface area contributed by atoms with Gasteiger partial charge in [0.2, 0.25) is 11.8 Å². The maximum atomic E-state index is 13.2. The number of amides is 2. The fraction of sp³-hybridized carbons (Fsp3) is 0.269. The van der Waals surface area contributed by atoms with E-state index in [0.717, 1.165) is 27.7 Å².